The van der Waals surface area contributed by atoms with Gasteiger partial charge in [0.05, 0.1) is 16.8 Å². The molecule has 3 aromatic rings. The number of nitrogens with one attached hydrogen (secondary N) is 2. The Bertz CT molecular complexity index is 1140. The molecule has 1 aromatic carbocycles. The first kappa shape index (κ1) is 21.5. The van der Waals surface area contributed by atoms with Crippen LogP contribution in [0.15, 0.2) is 29.1 Å². The number of amides is 1. The second-order valence-corrected chi connectivity index (χ2v) is 9.28. The van der Waals surface area contributed by atoms with Gasteiger partial charge < -0.3 is 25.0 Å². The third kappa shape index (κ3) is 4.63. The van der Waals surface area contributed by atoms with Crippen LogP contribution in [0.2, 0.25) is 0 Å². The second kappa shape index (κ2) is 8.78. The minimum Gasteiger partial charge on any atom is -0.369 e. The Hall–Kier alpha value is -2.75. The molecule has 0 aliphatic carbocycles. The summed E-state index contributed by atoms with van der Waals surface area (Å²) in [5.74, 6) is 0.372. The molecule has 1 aliphatic heterocycles. The molecule has 0 bridgehead atoms. The van der Waals surface area contributed by atoms with E-state index in [9.17, 15) is 9.59 Å². The van der Waals surface area contributed by atoms with Crippen molar-refractivity contribution in [1.29, 1.82) is 0 Å². The molecule has 164 valence electrons. The zero-order valence-corrected chi connectivity index (χ0v) is 19.2. The van der Waals surface area contributed by atoms with Crippen molar-refractivity contribution < 1.29 is 4.79 Å². The van der Waals surface area contributed by atoms with Gasteiger partial charge in [-0.1, -0.05) is 0 Å². The number of carbonyl (C=O) groups is 1. The van der Waals surface area contributed by atoms with Gasteiger partial charge in [0.1, 0.15) is 10.7 Å². The van der Waals surface area contributed by atoms with Crippen molar-refractivity contribution in [2.24, 2.45) is 0 Å². The maximum absolute atomic E-state index is 12.9. The Morgan fingerprint density at radius 2 is 1.87 bits per heavy atom. The number of fused-ring (bicyclic) bond motifs is 1. The molecule has 0 atom stereocenters. The molecule has 2 aromatic heterocycles. The molecule has 1 saturated heterocycles. The van der Waals surface area contributed by atoms with Crippen molar-refractivity contribution in [3.8, 4) is 0 Å². The highest BCUT2D eigenvalue weighted by molar-refractivity contribution is 7.20. The van der Waals surface area contributed by atoms with E-state index in [1.807, 2.05) is 43.3 Å². The summed E-state index contributed by atoms with van der Waals surface area (Å²) >= 11 is 1.26. The van der Waals surface area contributed by atoms with Crippen LogP contribution in [0.25, 0.3) is 10.2 Å². The van der Waals surface area contributed by atoms with Crippen LogP contribution < -0.4 is 15.8 Å². The van der Waals surface area contributed by atoms with Gasteiger partial charge >= 0.3 is 0 Å². The number of nitrogens with zero attached hydrogens (tertiary/aromatic N) is 4. The summed E-state index contributed by atoms with van der Waals surface area (Å²) in [5.41, 5.74) is 2.35. The molecule has 0 spiro atoms. The first-order valence-electron chi connectivity index (χ1n) is 10.3. The van der Waals surface area contributed by atoms with E-state index in [-0.39, 0.29) is 11.5 Å². The van der Waals surface area contributed by atoms with Crippen molar-refractivity contribution in [1.82, 2.24) is 19.8 Å². The third-order valence-electron chi connectivity index (χ3n) is 5.52. The summed E-state index contributed by atoms with van der Waals surface area (Å²) in [5, 5.41) is 3.45. The molecule has 9 heteroatoms. The Balaban J connectivity index is 1.52. The summed E-state index contributed by atoms with van der Waals surface area (Å²) in [6.07, 6.45) is 0. The number of anilines is 2. The van der Waals surface area contributed by atoms with E-state index in [0.717, 1.165) is 37.6 Å². The van der Waals surface area contributed by atoms with Crippen molar-refractivity contribution in [2.45, 2.75) is 13.5 Å². The Morgan fingerprint density at radius 1 is 1.19 bits per heavy atom. The number of aromatic amines is 1. The molecule has 0 radical (unpaired) electrons. The zero-order valence-electron chi connectivity index (χ0n) is 18.4. The number of hydrogen-bond donors (Lipinski definition) is 2. The molecule has 3 heterocycles. The second-order valence-electron chi connectivity index (χ2n) is 8.28. The lowest BCUT2D eigenvalue weighted by Crippen LogP contribution is -2.44. The molecule has 1 fully saturated rings. The number of aryl methyl sites for hydroxylation is 1. The summed E-state index contributed by atoms with van der Waals surface area (Å²) in [6.45, 7) is 6.43. The minimum atomic E-state index is -0.221. The van der Waals surface area contributed by atoms with Crippen LogP contribution in [0.4, 0.5) is 11.4 Å². The van der Waals surface area contributed by atoms with Gasteiger partial charge in [0, 0.05) is 37.6 Å². The quantitative estimate of drug-likeness (QED) is 0.634. The smallest absolute Gasteiger partial charge is 0.266 e. The third-order valence-corrected chi connectivity index (χ3v) is 6.70. The average Bonchev–Trinajstić information content (AvgIpc) is 3.05. The number of benzene rings is 1. The number of carbonyl (C=O) groups excluding carboxylic acids is 1. The van der Waals surface area contributed by atoms with Crippen LogP contribution in [-0.4, -0.2) is 73.0 Å². The summed E-state index contributed by atoms with van der Waals surface area (Å²) in [4.78, 5) is 40.6. The SMILES string of the molecule is Cc1c(C(=O)Nc2ccc(N3CCN(C)CC3)cc2)sc2nc(CN(C)C)[nH]c(=O)c12. The lowest BCUT2D eigenvalue weighted by atomic mass is 10.2. The maximum Gasteiger partial charge on any atom is 0.266 e. The number of rotatable bonds is 5. The van der Waals surface area contributed by atoms with Crippen LogP contribution in [0, 0.1) is 6.92 Å². The van der Waals surface area contributed by atoms with E-state index in [4.69, 9.17) is 0 Å². The van der Waals surface area contributed by atoms with Crippen LogP contribution in [0.1, 0.15) is 21.1 Å². The molecule has 0 unspecified atom stereocenters. The predicted octanol–water partition coefficient (Wildman–Crippen LogP) is 2.36. The van der Waals surface area contributed by atoms with Gasteiger partial charge in [0.15, 0.2) is 0 Å². The molecule has 1 amide bonds. The molecular formula is C22H28N6O2S. The van der Waals surface area contributed by atoms with E-state index in [1.165, 1.54) is 11.3 Å². The molecule has 8 nitrogen and oxygen atoms in total. The number of hydrogen-bond acceptors (Lipinski definition) is 7. The van der Waals surface area contributed by atoms with Gasteiger partial charge in [-0.25, -0.2) is 4.98 Å². The van der Waals surface area contributed by atoms with E-state index in [1.54, 1.807) is 6.92 Å². The first-order chi connectivity index (χ1) is 14.8. The number of aromatic nitrogens is 2. The van der Waals surface area contributed by atoms with Crippen LogP contribution in [-0.2, 0) is 6.54 Å². The molecule has 31 heavy (non-hydrogen) atoms. The fourth-order valence-electron chi connectivity index (χ4n) is 3.79. The van der Waals surface area contributed by atoms with Crippen molar-refractivity contribution in [3.63, 3.8) is 0 Å². The standard InChI is InChI=1S/C22H28N6O2S/c1-14-18-20(29)24-17(13-26(2)3)25-22(18)31-19(14)21(30)23-15-5-7-16(8-6-15)28-11-9-27(4)10-12-28/h5-8H,9-13H2,1-4H3,(H,23,30)(H,24,25,29). The zero-order chi connectivity index (χ0) is 22.1. The molecule has 1 aliphatic rings. The summed E-state index contributed by atoms with van der Waals surface area (Å²) in [6, 6.07) is 7.93. The number of H-pyrrole nitrogens is 1. The van der Waals surface area contributed by atoms with Gasteiger partial charge in [0.25, 0.3) is 11.5 Å². The van der Waals surface area contributed by atoms with Crippen LogP contribution in [0.5, 0.6) is 0 Å². The minimum absolute atomic E-state index is 0.203. The Labute approximate surface area is 185 Å². The molecule has 2 N–H and O–H groups in total. The lowest BCUT2D eigenvalue weighted by Gasteiger charge is -2.34. The van der Waals surface area contributed by atoms with Gasteiger partial charge in [0.2, 0.25) is 0 Å². The topological polar surface area (TPSA) is 84.6 Å². The summed E-state index contributed by atoms with van der Waals surface area (Å²) in [7, 11) is 5.97. The Kier molecular flexibility index (Phi) is 6.08. The summed E-state index contributed by atoms with van der Waals surface area (Å²) < 4.78 is 0. The molecular weight excluding hydrogens is 412 g/mol. The largest absolute Gasteiger partial charge is 0.369 e. The fourth-order valence-corrected chi connectivity index (χ4v) is 4.88. The van der Waals surface area contributed by atoms with Crippen molar-refractivity contribution >= 4 is 38.8 Å². The Morgan fingerprint density at radius 3 is 2.52 bits per heavy atom. The van der Waals surface area contributed by atoms with Gasteiger partial charge in [-0.3, -0.25) is 9.59 Å². The van der Waals surface area contributed by atoms with E-state index in [0.29, 0.717) is 33.0 Å². The molecule has 0 saturated carbocycles. The number of thiophene rings is 1. The predicted molar refractivity (Wildman–Crippen MR) is 126 cm³/mol. The number of piperazine rings is 1. The lowest BCUT2D eigenvalue weighted by molar-refractivity contribution is 0.103. The fraction of sp³-hybridized carbons (Fsp3) is 0.409. The highest BCUT2D eigenvalue weighted by atomic mass is 32.1. The van der Waals surface area contributed by atoms with Gasteiger partial charge in [-0.05, 0) is 57.9 Å². The maximum atomic E-state index is 12.9. The van der Waals surface area contributed by atoms with E-state index >= 15 is 0 Å². The van der Waals surface area contributed by atoms with Gasteiger partial charge in [-0.2, -0.15) is 0 Å². The van der Waals surface area contributed by atoms with Gasteiger partial charge in [-0.15, -0.1) is 11.3 Å². The number of likely N-dealkylation sites (N-methyl/N-ethyl adjacent to an activating group) is 1. The van der Waals surface area contributed by atoms with E-state index < -0.39 is 0 Å². The normalized spacial score (nSPS) is 15.1. The monoisotopic (exact) mass is 440 g/mol. The highest BCUT2D eigenvalue weighted by Crippen LogP contribution is 2.28. The average molecular weight is 441 g/mol. The van der Waals surface area contributed by atoms with Crippen LogP contribution >= 0.6 is 11.3 Å². The van der Waals surface area contributed by atoms with Crippen molar-refractivity contribution in [3.05, 3.63) is 50.9 Å². The molecule has 4 rings (SSSR count). The highest BCUT2D eigenvalue weighted by Gasteiger charge is 2.20. The van der Waals surface area contributed by atoms with Crippen molar-refractivity contribution in [2.75, 3.05) is 57.5 Å². The van der Waals surface area contributed by atoms with Crippen LogP contribution in [0.3, 0.4) is 0 Å². The van der Waals surface area contributed by atoms with E-state index in [2.05, 4.69) is 32.1 Å². The first-order valence-corrected chi connectivity index (χ1v) is 11.2.